The first kappa shape index (κ1) is 16.3. The summed E-state index contributed by atoms with van der Waals surface area (Å²) in [6, 6.07) is 5.56. The summed E-state index contributed by atoms with van der Waals surface area (Å²) in [6.07, 6.45) is 5.80. The summed E-state index contributed by atoms with van der Waals surface area (Å²) in [6.45, 7) is 4.25. The van der Waals surface area contributed by atoms with Crippen molar-refractivity contribution in [3.63, 3.8) is 0 Å². The Morgan fingerprint density at radius 1 is 0.750 bits per heavy atom. The zero-order valence-corrected chi connectivity index (χ0v) is 14.0. The van der Waals surface area contributed by atoms with Gasteiger partial charge in [-0.15, -0.1) is 0 Å². The van der Waals surface area contributed by atoms with Gasteiger partial charge >= 0.3 is 0 Å². The van der Waals surface area contributed by atoms with Crippen molar-refractivity contribution in [1.82, 2.24) is 25.3 Å². The molecule has 126 valence electrons. The van der Waals surface area contributed by atoms with Crippen LogP contribution in [0.1, 0.15) is 51.3 Å². The molecule has 0 unspecified atom stereocenters. The quantitative estimate of drug-likeness (QED) is 0.620. The third-order valence-corrected chi connectivity index (χ3v) is 3.63. The van der Waals surface area contributed by atoms with Crippen molar-refractivity contribution >= 4 is 0 Å². The van der Waals surface area contributed by atoms with E-state index in [1.165, 1.54) is 0 Å². The smallest absolute Gasteiger partial charge is 0.227 e. The molecule has 0 N–H and O–H groups in total. The molecule has 3 heterocycles. The van der Waals surface area contributed by atoms with E-state index in [2.05, 4.69) is 39.1 Å². The third kappa shape index (κ3) is 3.84. The predicted octanol–water partition coefficient (Wildman–Crippen LogP) is 3.87. The lowest BCUT2D eigenvalue weighted by Gasteiger charge is -1.96. The second-order valence-electron chi connectivity index (χ2n) is 5.64. The summed E-state index contributed by atoms with van der Waals surface area (Å²) in [5.74, 6) is 2.25. The van der Waals surface area contributed by atoms with Crippen LogP contribution >= 0.6 is 0 Å². The predicted molar refractivity (Wildman–Crippen MR) is 88.0 cm³/mol. The number of rotatable bonds is 8. The molecular formula is C17H21N5O2. The molecule has 0 amide bonds. The summed E-state index contributed by atoms with van der Waals surface area (Å²) >= 11 is 0. The Hall–Kier alpha value is -2.57. The van der Waals surface area contributed by atoms with Gasteiger partial charge in [-0.2, -0.15) is 9.97 Å². The van der Waals surface area contributed by atoms with E-state index in [1.54, 1.807) is 0 Å². The minimum absolute atomic E-state index is 0.484. The number of aromatic nitrogens is 5. The molecule has 0 fully saturated rings. The molecule has 0 saturated carbocycles. The average Bonchev–Trinajstić information content (AvgIpc) is 3.28. The molecule has 3 aromatic rings. The highest BCUT2D eigenvalue weighted by molar-refractivity contribution is 5.56. The van der Waals surface area contributed by atoms with Crippen LogP contribution < -0.4 is 0 Å². The van der Waals surface area contributed by atoms with Gasteiger partial charge in [-0.05, 0) is 25.0 Å². The fourth-order valence-electron chi connectivity index (χ4n) is 2.26. The van der Waals surface area contributed by atoms with Crippen LogP contribution in [0.4, 0.5) is 0 Å². The van der Waals surface area contributed by atoms with Crippen LogP contribution in [-0.4, -0.2) is 25.3 Å². The van der Waals surface area contributed by atoms with Crippen molar-refractivity contribution in [1.29, 1.82) is 0 Å². The van der Waals surface area contributed by atoms with Crippen molar-refractivity contribution in [2.45, 2.75) is 52.4 Å². The van der Waals surface area contributed by atoms with Gasteiger partial charge in [0, 0.05) is 12.8 Å². The number of hydrogen-bond donors (Lipinski definition) is 0. The Bertz CT molecular complexity index is 719. The maximum Gasteiger partial charge on any atom is 0.227 e. The Morgan fingerprint density at radius 3 is 1.71 bits per heavy atom. The summed E-state index contributed by atoms with van der Waals surface area (Å²) in [5.41, 5.74) is 1.28. The lowest BCUT2D eigenvalue weighted by Crippen LogP contribution is -1.92. The van der Waals surface area contributed by atoms with E-state index in [-0.39, 0.29) is 0 Å². The van der Waals surface area contributed by atoms with Gasteiger partial charge in [0.15, 0.2) is 0 Å². The van der Waals surface area contributed by atoms with E-state index in [0.717, 1.165) is 38.5 Å². The molecule has 0 radical (unpaired) electrons. The van der Waals surface area contributed by atoms with Gasteiger partial charge in [0.1, 0.15) is 11.4 Å². The van der Waals surface area contributed by atoms with Gasteiger partial charge in [0.2, 0.25) is 23.4 Å². The highest BCUT2D eigenvalue weighted by Gasteiger charge is 2.13. The maximum absolute atomic E-state index is 5.26. The number of aryl methyl sites for hydroxylation is 2. The van der Waals surface area contributed by atoms with Gasteiger partial charge in [-0.25, -0.2) is 4.98 Å². The van der Waals surface area contributed by atoms with E-state index in [4.69, 9.17) is 9.05 Å². The Labute approximate surface area is 140 Å². The Morgan fingerprint density at radius 2 is 1.25 bits per heavy atom. The molecule has 3 aromatic heterocycles. The molecule has 3 rings (SSSR count). The minimum Gasteiger partial charge on any atom is -0.339 e. The number of pyridine rings is 1. The summed E-state index contributed by atoms with van der Waals surface area (Å²) in [4.78, 5) is 13.3. The van der Waals surface area contributed by atoms with Crippen molar-refractivity contribution in [2.24, 2.45) is 0 Å². The zero-order chi connectivity index (χ0) is 16.8. The lowest BCUT2D eigenvalue weighted by atomic mass is 10.2. The van der Waals surface area contributed by atoms with Gasteiger partial charge < -0.3 is 9.05 Å². The lowest BCUT2D eigenvalue weighted by molar-refractivity contribution is 0.375. The normalized spacial score (nSPS) is 11.1. The highest BCUT2D eigenvalue weighted by atomic mass is 16.5. The molecule has 0 spiro atoms. The van der Waals surface area contributed by atoms with E-state index in [1.807, 2.05) is 18.2 Å². The van der Waals surface area contributed by atoms with Crippen LogP contribution in [0.2, 0.25) is 0 Å². The van der Waals surface area contributed by atoms with Crippen molar-refractivity contribution in [2.75, 3.05) is 0 Å². The zero-order valence-electron chi connectivity index (χ0n) is 14.0. The minimum atomic E-state index is 0.484. The summed E-state index contributed by atoms with van der Waals surface area (Å²) in [5, 5.41) is 8.01. The SMILES string of the molecule is CCCCc1nc(-c2cccc(-c3noc(CCCC)n3)n2)no1. The standard InChI is InChI=1S/C17H21N5O2/c1-3-5-10-14-19-16(21-23-14)12-8-7-9-13(18-12)17-20-15(24-22-17)11-6-4-2/h7-9H,3-6,10-11H2,1-2H3. The molecule has 0 aliphatic carbocycles. The van der Waals surface area contributed by atoms with Gasteiger partial charge in [0.05, 0.1) is 0 Å². The van der Waals surface area contributed by atoms with Gasteiger partial charge in [-0.1, -0.05) is 43.1 Å². The van der Waals surface area contributed by atoms with Crippen LogP contribution in [0.15, 0.2) is 27.2 Å². The Kier molecular flexibility index (Phi) is 5.30. The van der Waals surface area contributed by atoms with E-state index < -0.39 is 0 Å². The molecule has 0 atom stereocenters. The number of hydrogen-bond acceptors (Lipinski definition) is 7. The van der Waals surface area contributed by atoms with Crippen LogP contribution in [0.25, 0.3) is 23.0 Å². The molecule has 0 saturated heterocycles. The molecule has 7 heteroatoms. The topological polar surface area (TPSA) is 90.7 Å². The second kappa shape index (κ2) is 7.81. The summed E-state index contributed by atoms with van der Waals surface area (Å²) in [7, 11) is 0. The van der Waals surface area contributed by atoms with E-state index in [0.29, 0.717) is 34.8 Å². The Balaban J connectivity index is 1.78. The number of nitrogens with zero attached hydrogens (tertiary/aromatic N) is 5. The number of unbranched alkanes of at least 4 members (excludes halogenated alkanes) is 2. The van der Waals surface area contributed by atoms with E-state index >= 15 is 0 Å². The molecule has 0 aliphatic heterocycles. The first-order valence-corrected chi connectivity index (χ1v) is 8.43. The fourth-order valence-corrected chi connectivity index (χ4v) is 2.26. The van der Waals surface area contributed by atoms with Crippen LogP contribution in [0, 0.1) is 0 Å². The third-order valence-electron chi connectivity index (χ3n) is 3.63. The van der Waals surface area contributed by atoms with Crippen LogP contribution in [0.5, 0.6) is 0 Å². The molecule has 24 heavy (non-hydrogen) atoms. The van der Waals surface area contributed by atoms with Crippen molar-refractivity contribution in [3.8, 4) is 23.0 Å². The van der Waals surface area contributed by atoms with Crippen molar-refractivity contribution in [3.05, 3.63) is 30.0 Å². The fraction of sp³-hybridized carbons (Fsp3) is 0.471. The highest BCUT2D eigenvalue weighted by Crippen LogP contribution is 2.19. The average molecular weight is 327 g/mol. The first-order chi connectivity index (χ1) is 11.8. The molecule has 0 bridgehead atoms. The van der Waals surface area contributed by atoms with Crippen LogP contribution in [-0.2, 0) is 12.8 Å². The first-order valence-electron chi connectivity index (χ1n) is 8.43. The van der Waals surface area contributed by atoms with E-state index in [9.17, 15) is 0 Å². The molecule has 0 aliphatic rings. The second-order valence-corrected chi connectivity index (χ2v) is 5.64. The maximum atomic E-state index is 5.26. The molecular weight excluding hydrogens is 306 g/mol. The molecule has 7 nitrogen and oxygen atoms in total. The summed E-state index contributed by atoms with van der Waals surface area (Å²) < 4.78 is 10.5. The largest absolute Gasteiger partial charge is 0.339 e. The van der Waals surface area contributed by atoms with Crippen molar-refractivity contribution < 1.29 is 9.05 Å². The van der Waals surface area contributed by atoms with Crippen LogP contribution in [0.3, 0.4) is 0 Å². The van der Waals surface area contributed by atoms with Gasteiger partial charge in [-0.3, -0.25) is 0 Å². The monoisotopic (exact) mass is 327 g/mol. The van der Waals surface area contributed by atoms with Gasteiger partial charge in [0.25, 0.3) is 0 Å². The molecule has 0 aromatic carbocycles.